The van der Waals surface area contributed by atoms with Crippen LogP contribution in [0.25, 0.3) is 11.0 Å². The SMILES string of the molecule is Cc1ccc(C(=O)Nc2cc3cc(C(C)(C)C)cc(C(C)(C)C)c3oc2=O)cc1. The average molecular weight is 392 g/mol. The molecule has 3 rings (SSSR count). The summed E-state index contributed by atoms with van der Waals surface area (Å²) in [6.07, 6.45) is 0. The Labute approximate surface area is 171 Å². The summed E-state index contributed by atoms with van der Waals surface area (Å²) in [4.78, 5) is 25.2. The van der Waals surface area contributed by atoms with E-state index in [9.17, 15) is 9.59 Å². The smallest absolute Gasteiger partial charge is 0.360 e. The standard InChI is InChI=1S/C25H29NO3/c1-15-8-10-16(11-9-15)22(27)26-20-13-17-12-18(24(2,3)4)14-19(25(5,6)7)21(17)29-23(20)28/h8-14H,1-7H3,(H,26,27). The first-order valence-corrected chi connectivity index (χ1v) is 9.87. The van der Waals surface area contributed by atoms with E-state index in [1.807, 2.05) is 25.1 Å². The molecule has 0 unspecified atom stereocenters. The van der Waals surface area contributed by atoms with Gasteiger partial charge >= 0.3 is 5.63 Å². The van der Waals surface area contributed by atoms with Crippen molar-refractivity contribution >= 4 is 22.6 Å². The normalized spacial score (nSPS) is 12.2. The van der Waals surface area contributed by atoms with Crippen molar-refractivity contribution in [3.05, 3.63) is 75.1 Å². The lowest BCUT2D eigenvalue weighted by molar-refractivity contribution is 0.102. The Morgan fingerprint density at radius 3 is 2.07 bits per heavy atom. The summed E-state index contributed by atoms with van der Waals surface area (Å²) >= 11 is 0. The summed E-state index contributed by atoms with van der Waals surface area (Å²) in [7, 11) is 0. The molecule has 0 fully saturated rings. The second-order valence-electron chi connectivity index (χ2n) is 9.71. The number of hydrogen-bond acceptors (Lipinski definition) is 3. The molecule has 0 bridgehead atoms. The monoisotopic (exact) mass is 391 g/mol. The number of rotatable bonds is 2. The van der Waals surface area contributed by atoms with Crippen LogP contribution in [0.3, 0.4) is 0 Å². The largest absolute Gasteiger partial charge is 0.421 e. The molecule has 3 aromatic rings. The molecule has 0 radical (unpaired) electrons. The number of hydrogen-bond donors (Lipinski definition) is 1. The van der Waals surface area contributed by atoms with Gasteiger partial charge < -0.3 is 9.73 Å². The lowest BCUT2D eigenvalue weighted by Crippen LogP contribution is -2.20. The summed E-state index contributed by atoms with van der Waals surface area (Å²) in [6.45, 7) is 14.7. The van der Waals surface area contributed by atoms with Crippen molar-refractivity contribution in [2.45, 2.75) is 59.3 Å². The number of fused-ring (bicyclic) bond motifs is 1. The Morgan fingerprint density at radius 1 is 0.897 bits per heavy atom. The Hall–Kier alpha value is -2.88. The van der Waals surface area contributed by atoms with E-state index in [4.69, 9.17) is 4.42 Å². The molecule has 0 aliphatic heterocycles. The molecular formula is C25H29NO3. The first kappa shape index (κ1) is 20.8. The van der Waals surface area contributed by atoms with Crippen molar-refractivity contribution in [1.82, 2.24) is 0 Å². The first-order valence-electron chi connectivity index (χ1n) is 9.87. The number of benzene rings is 2. The van der Waals surface area contributed by atoms with Crippen molar-refractivity contribution in [2.75, 3.05) is 5.32 Å². The van der Waals surface area contributed by atoms with Crippen molar-refractivity contribution in [3.8, 4) is 0 Å². The van der Waals surface area contributed by atoms with Gasteiger partial charge in [-0.25, -0.2) is 4.79 Å². The maximum absolute atomic E-state index is 12.6. The predicted molar refractivity (Wildman–Crippen MR) is 119 cm³/mol. The topological polar surface area (TPSA) is 59.3 Å². The quantitative estimate of drug-likeness (QED) is 0.549. The molecule has 0 aliphatic carbocycles. The molecule has 1 amide bonds. The molecule has 29 heavy (non-hydrogen) atoms. The van der Waals surface area contributed by atoms with Crippen LogP contribution in [0.4, 0.5) is 5.69 Å². The second-order valence-corrected chi connectivity index (χ2v) is 9.71. The molecule has 152 valence electrons. The van der Waals surface area contributed by atoms with E-state index in [-0.39, 0.29) is 22.4 Å². The highest BCUT2D eigenvalue weighted by atomic mass is 16.4. The third kappa shape index (κ3) is 4.42. The molecule has 0 atom stereocenters. The van der Waals surface area contributed by atoms with Gasteiger partial charge in [0.2, 0.25) is 0 Å². The fourth-order valence-electron chi connectivity index (χ4n) is 3.21. The molecule has 1 aromatic heterocycles. The van der Waals surface area contributed by atoms with E-state index < -0.39 is 5.63 Å². The second kappa shape index (κ2) is 7.18. The van der Waals surface area contributed by atoms with Gasteiger partial charge in [-0.05, 0) is 47.6 Å². The van der Waals surface area contributed by atoms with Gasteiger partial charge in [0.1, 0.15) is 11.3 Å². The van der Waals surface area contributed by atoms with Crippen LogP contribution in [0.1, 0.15) is 68.6 Å². The number of anilines is 1. The maximum Gasteiger partial charge on any atom is 0.360 e. The van der Waals surface area contributed by atoms with Crippen LogP contribution in [0.5, 0.6) is 0 Å². The van der Waals surface area contributed by atoms with E-state index >= 15 is 0 Å². The third-order valence-corrected chi connectivity index (χ3v) is 5.07. The van der Waals surface area contributed by atoms with Crippen LogP contribution in [0.2, 0.25) is 0 Å². The molecule has 1 N–H and O–H groups in total. The zero-order valence-electron chi connectivity index (χ0n) is 18.3. The van der Waals surface area contributed by atoms with Crippen molar-refractivity contribution < 1.29 is 9.21 Å². The summed E-state index contributed by atoms with van der Waals surface area (Å²) in [5.74, 6) is -0.334. The summed E-state index contributed by atoms with van der Waals surface area (Å²) in [5, 5.41) is 3.52. The molecule has 0 saturated heterocycles. The van der Waals surface area contributed by atoms with Gasteiger partial charge in [0.25, 0.3) is 5.91 Å². The van der Waals surface area contributed by atoms with E-state index in [1.54, 1.807) is 18.2 Å². The molecule has 2 aromatic carbocycles. The van der Waals surface area contributed by atoms with Crippen LogP contribution >= 0.6 is 0 Å². The summed E-state index contributed by atoms with van der Waals surface area (Å²) in [5.41, 5.74) is 3.61. The highest BCUT2D eigenvalue weighted by Crippen LogP contribution is 2.35. The summed E-state index contributed by atoms with van der Waals surface area (Å²) < 4.78 is 5.70. The van der Waals surface area contributed by atoms with Gasteiger partial charge in [0, 0.05) is 16.5 Å². The zero-order chi connectivity index (χ0) is 21.6. The Kier molecular flexibility index (Phi) is 5.16. The number of carbonyl (C=O) groups excluding carboxylic acids is 1. The predicted octanol–water partition coefficient (Wildman–Crippen LogP) is 5.95. The minimum atomic E-state index is -0.549. The minimum absolute atomic E-state index is 0.0599. The van der Waals surface area contributed by atoms with Crippen LogP contribution in [0.15, 0.2) is 51.7 Å². The molecule has 0 aliphatic rings. The lowest BCUT2D eigenvalue weighted by atomic mass is 9.79. The Balaban J connectivity index is 2.13. The van der Waals surface area contributed by atoms with Crippen LogP contribution in [-0.2, 0) is 10.8 Å². The van der Waals surface area contributed by atoms with Crippen LogP contribution in [-0.4, -0.2) is 5.91 Å². The van der Waals surface area contributed by atoms with E-state index in [1.165, 1.54) is 0 Å². The molecule has 4 heteroatoms. The Bertz CT molecular complexity index is 1120. The molecule has 0 saturated carbocycles. The van der Waals surface area contributed by atoms with Crippen molar-refractivity contribution in [2.24, 2.45) is 0 Å². The molecule has 0 spiro atoms. The van der Waals surface area contributed by atoms with Crippen LogP contribution < -0.4 is 10.9 Å². The first-order chi connectivity index (χ1) is 13.4. The highest BCUT2D eigenvalue weighted by molar-refractivity contribution is 6.04. The van der Waals surface area contributed by atoms with Gasteiger partial charge in [0.05, 0.1) is 0 Å². The van der Waals surface area contributed by atoms with Crippen molar-refractivity contribution in [1.29, 1.82) is 0 Å². The number of carbonyl (C=O) groups is 1. The zero-order valence-corrected chi connectivity index (χ0v) is 18.3. The highest BCUT2D eigenvalue weighted by Gasteiger charge is 2.24. The van der Waals surface area contributed by atoms with Gasteiger partial charge in [-0.3, -0.25) is 4.79 Å². The van der Waals surface area contributed by atoms with E-state index in [0.717, 1.165) is 22.1 Å². The van der Waals surface area contributed by atoms with E-state index in [2.05, 4.69) is 52.9 Å². The van der Waals surface area contributed by atoms with Gasteiger partial charge in [-0.2, -0.15) is 0 Å². The van der Waals surface area contributed by atoms with Crippen molar-refractivity contribution in [3.63, 3.8) is 0 Å². The molecule has 4 nitrogen and oxygen atoms in total. The lowest BCUT2D eigenvalue weighted by Gasteiger charge is -2.26. The van der Waals surface area contributed by atoms with Gasteiger partial charge in [-0.1, -0.05) is 65.3 Å². The third-order valence-electron chi connectivity index (χ3n) is 5.07. The average Bonchev–Trinajstić information content (AvgIpc) is 2.60. The fraction of sp³-hybridized carbons (Fsp3) is 0.360. The number of amides is 1. The van der Waals surface area contributed by atoms with E-state index in [0.29, 0.717) is 11.1 Å². The summed E-state index contributed by atoms with van der Waals surface area (Å²) in [6, 6.07) is 13.1. The number of nitrogens with one attached hydrogen (secondary N) is 1. The van der Waals surface area contributed by atoms with Gasteiger partial charge in [-0.15, -0.1) is 0 Å². The number of aryl methyl sites for hydroxylation is 1. The maximum atomic E-state index is 12.6. The Morgan fingerprint density at radius 2 is 1.52 bits per heavy atom. The molecular weight excluding hydrogens is 362 g/mol. The fourth-order valence-corrected chi connectivity index (χ4v) is 3.21. The minimum Gasteiger partial charge on any atom is -0.421 e. The van der Waals surface area contributed by atoms with Gasteiger partial charge in [0.15, 0.2) is 0 Å². The van der Waals surface area contributed by atoms with Crippen LogP contribution in [0, 0.1) is 6.92 Å². The molecule has 1 heterocycles.